The Kier molecular flexibility index (Phi) is 6.79. The summed E-state index contributed by atoms with van der Waals surface area (Å²) in [4.78, 5) is 26.0. The lowest BCUT2D eigenvalue weighted by molar-refractivity contribution is 0.0824. The van der Waals surface area contributed by atoms with E-state index in [1.165, 1.54) is 12.0 Å². The van der Waals surface area contributed by atoms with Gasteiger partial charge in [0.25, 0.3) is 5.91 Å². The molecular formula is C20H25N3O4. The smallest absolute Gasteiger partial charge is 0.319 e. The number of carbonyl (C=O) groups is 2. The zero-order valence-corrected chi connectivity index (χ0v) is 15.9. The molecular weight excluding hydrogens is 346 g/mol. The third-order valence-electron chi connectivity index (χ3n) is 4.07. The lowest BCUT2D eigenvalue weighted by Crippen LogP contribution is -2.39. The van der Waals surface area contributed by atoms with E-state index in [4.69, 9.17) is 4.74 Å². The molecule has 0 bridgehead atoms. The average molecular weight is 371 g/mol. The number of nitrogens with one attached hydrogen (secondary N) is 2. The van der Waals surface area contributed by atoms with E-state index in [0.717, 1.165) is 0 Å². The van der Waals surface area contributed by atoms with Crippen LogP contribution in [-0.2, 0) is 0 Å². The maximum atomic E-state index is 12.3. The van der Waals surface area contributed by atoms with Gasteiger partial charge in [-0.2, -0.15) is 0 Å². The molecule has 2 aromatic carbocycles. The average Bonchev–Trinajstić information content (AvgIpc) is 2.67. The van der Waals surface area contributed by atoms with Gasteiger partial charge in [0.2, 0.25) is 0 Å². The quantitative estimate of drug-likeness (QED) is 0.728. The van der Waals surface area contributed by atoms with Crippen LogP contribution in [0.15, 0.2) is 48.5 Å². The summed E-state index contributed by atoms with van der Waals surface area (Å²) < 4.78 is 5.21. The van der Waals surface area contributed by atoms with Crippen molar-refractivity contribution in [3.63, 3.8) is 0 Å². The number of benzene rings is 2. The molecule has 27 heavy (non-hydrogen) atoms. The Morgan fingerprint density at radius 3 is 2.37 bits per heavy atom. The van der Waals surface area contributed by atoms with Gasteiger partial charge in [-0.15, -0.1) is 0 Å². The summed E-state index contributed by atoms with van der Waals surface area (Å²) in [6.07, 6.45) is -0.835. The third-order valence-corrected chi connectivity index (χ3v) is 4.07. The molecule has 7 nitrogen and oxygen atoms in total. The van der Waals surface area contributed by atoms with Crippen LogP contribution in [0.3, 0.4) is 0 Å². The molecule has 0 aliphatic carbocycles. The van der Waals surface area contributed by atoms with Crippen molar-refractivity contribution in [3.8, 4) is 5.75 Å². The molecule has 0 radical (unpaired) electrons. The summed E-state index contributed by atoms with van der Waals surface area (Å²) in [6.45, 7) is 1.71. The number of anilines is 1. The molecule has 0 saturated carbocycles. The number of amides is 3. The van der Waals surface area contributed by atoms with Gasteiger partial charge >= 0.3 is 6.03 Å². The Balaban J connectivity index is 2.07. The van der Waals surface area contributed by atoms with Crippen LogP contribution in [0.2, 0.25) is 0 Å². The Morgan fingerprint density at radius 1 is 1.11 bits per heavy atom. The van der Waals surface area contributed by atoms with Gasteiger partial charge in [-0.25, -0.2) is 4.79 Å². The standard InChI is InChI=1S/C20H25N3O4/c1-13(18(24)14-8-6-5-7-9-14)21-20(26)22-15-10-11-17(27-4)16(12-15)19(25)23(2)3/h5-13,18,24H,1-4H3,(H2,21,22,26)/t13-,18-/m0/s1. The minimum Gasteiger partial charge on any atom is -0.496 e. The molecule has 3 N–H and O–H groups in total. The fourth-order valence-corrected chi connectivity index (χ4v) is 2.59. The molecule has 0 aromatic heterocycles. The molecule has 0 unspecified atom stereocenters. The van der Waals surface area contributed by atoms with Crippen molar-refractivity contribution in [2.24, 2.45) is 0 Å². The first kappa shape index (κ1) is 20.3. The van der Waals surface area contributed by atoms with Gasteiger partial charge in [0, 0.05) is 19.8 Å². The predicted molar refractivity (Wildman–Crippen MR) is 104 cm³/mol. The van der Waals surface area contributed by atoms with Gasteiger partial charge in [-0.3, -0.25) is 4.79 Å². The first-order chi connectivity index (χ1) is 12.8. The van der Waals surface area contributed by atoms with Gasteiger partial charge in [0.1, 0.15) is 5.75 Å². The summed E-state index contributed by atoms with van der Waals surface area (Å²) >= 11 is 0. The molecule has 0 spiro atoms. The maximum absolute atomic E-state index is 12.3. The van der Waals surface area contributed by atoms with Crippen LogP contribution in [-0.4, -0.2) is 49.2 Å². The molecule has 0 fully saturated rings. The number of hydrogen-bond acceptors (Lipinski definition) is 4. The number of ether oxygens (including phenoxy) is 1. The van der Waals surface area contributed by atoms with Crippen molar-refractivity contribution in [2.45, 2.75) is 19.1 Å². The zero-order chi connectivity index (χ0) is 20.0. The number of aliphatic hydroxyl groups excluding tert-OH is 1. The van der Waals surface area contributed by atoms with Crippen LogP contribution in [0.5, 0.6) is 5.75 Å². The Hall–Kier alpha value is -3.06. The van der Waals surface area contributed by atoms with Crippen molar-refractivity contribution in [1.82, 2.24) is 10.2 Å². The predicted octanol–water partition coefficient (Wildman–Crippen LogP) is 2.64. The van der Waals surface area contributed by atoms with E-state index in [0.29, 0.717) is 22.6 Å². The van der Waals surface area contributed by atoms with E-state index in [2.05, 4.69) is 10.6 Å². The fourth-order valence-electron chi connectivity index (χ4n) is 2.59. The Labute approximate surface area is 158 Å². The molecule has 144 valence electrons. The molecule has 2 atom stereocenters. The molecule has 0 saturated heterocycles. The molecule has 0 aliphatic rings. The minimum absolute atomic E-state index is 0.233. The number of nitrogens with zero attached hydrogens (tertiary/aromatic N) is 1. The van der Waals surface area contributed by atoms with E-state index < -0.39 is 18.2 Å². The number of aliphatic hydroxyl groups is 1. The van der Waals surface area contributed by atoms with Crippen molar-refractivity contribution in [3.05, 3.63) is 59.7 Å². The van der Waals surface area contributed by atoms with Crippen LogP contribution < -0.4 is 15.4 Å². The highest BCUT2D eigenvalue weighted by molar-refractivity contribution is 5.99. The minimum atomic E-state index is -0.835. The molecule has 7 heteroatoms. The zero-order valence-electron chi connectivity index (χ0n) is 15.9. The van der Waals surface area contributed by atoms with E-state index >= 15 is 0 Å². The molecule has 3 amide bonds. The lowest BCUT2D eigenvalue weighted by atomic mass is 10.0. The van der Waals surface area contributed by atoms with Crippen LogP contribution in [0, 0.1) is 0 Å². The molecule has 0 aliphatic heterocycles. The van der Waals surface area contributed by atoms with Crippen molar-refractivity contribution < 1.29 is 19.4 Å². The molecule has 0 heterocycles. The molecule has 2 rings (SSSR count). The van der Waals surface area contributed by atoms with E-state index in [1.807, 2.05) is 18.2 Å². The van der Waals surface area contributed by atoms with Crippen LogP contribution >= 0.6 is 0 Å². The van der Waals surface area contributed by atoms with Crippen molar-refractivity contribution >= 4 is 17.6 Å². The van der Waals surface area contributed by atoms with Gasteiger partial charge in [0.15, 0.2) is 0 Å². The second-order valence-corrected chi connectivity index (χ2v) is 6.36. The second kappa shape index (κ2) is 9.05. The highest BCUT2D eigenvalue weighted by atomic mass is 16.5. The SMILES string of the molecule is COc1ccc(NC(=O)N[C@@H](C)[C@H](O)c2ccccc2)cc1C(=O)N(C)C. The lowest BCUT2D eigenvalue weighted by Gasteiger charge is -2.21. The number of methoxy groups -OCH3 is 1. The normalized spacial score (nSPS) is 12.6. The molecule has 2 aromatic rings. The number of hydrogen-bond donors (Lipinski definition) is 3. The number of carbonyl (C=O) groups excluding carboxylic acids is 2. The largest absolute Gasteiger partial charge is 0.496 e. The first-order valence-electron chi connectivity index (χ1n) is 8.53. The van der Waals surface area contributed by atoms with Gasteiger partial charge in [-0.1, -0.05) is 30.3 Å². The van der Waals surface area contributed by atoms with Crippen molar-refractivity contribution in [1.29, 1.82) is 0 Å². The van der Waals surface area contributed by atoms with Crippen LogP contribution in [0.25, 0.3) is 0 Å². The fraction of sp³-hybridized carbons (Fsp3) is 0.300. The van der Waals surface area contributed by atoms with Gasteiger partial charge in [0.05, 0.1) is 24.8 Å². The number of rotatable bonds is 6. The van der Waals surface area contributed by atoms with E-state index in [9.17, 15) is 14.7 Å². The first-order valence-corrected chi connectivity index (χ1v) is 8.53. The Bertz CT molecular complexity index is 793. The van der Waals surface area contributed by atoms with Crippen molar-refractivity contribution in [2.75, 3.05) is 26.5 Å². The maximum Gasteiger partial charge on any atom is 0.319 e. The summed E-state index contributed by atoms with van der Waals surface area (Å²) in [5, 5.41) is 15.7. The summed E-state index contributed by atoms with van der Waals surface area (Å²) in [7, 11) is 4.76. The summed E-state index contributed by atoms with van der Waals surface area (Å²) in [5.41, 5.74) is 1.51. The van der Waals surface area contributed by atoms with Gasteiger partial charge in [-0.05, 0) is 30.7 Å². The highest BCUT2D eigenvalue weighted by Crippen LogP contribution is 2.24. The van der Waals surface area contributed by atoms with Crippen LogP contribution in [0.1, 0.15) is 28.9 Å². The summed E-state index contributed by atoms with van der Waals surface area (Å²) in [6, 6.07) is 12.9. The van der Waals surface area contributed by atoms with Crippen LogP contribution in [0.4, 0.5) is 10.5 Å². The Morgan fingerprint density at radius 2 is 1.78 bits per heavy atom. The summed E-state index contributed by atoms with van der Waals surface area (Å²) in [5.74, 6) is 0.191. The monoisotopic (exact) mass is 371 g/mol. The number of urea groups is 1. The third kappa shape index (κ3) is 5.21. The topological polar surface area (TPSA) is 90.9 Å². The highest BCUT2D eigenvalue weighted by Gasteiger charge is 2.19. The van der Waals surface area contributed by atoms with E-state index in [-0.39, 0.29) is 5.91 Å². The van der Waals surface area contributed by atoms with E-state index in [1.54, 1.807) is 51.4 Å². The van der Waals surface area contributed by atoms with Gasteiger partial charge < -0.3 is 25.4 Å². The second-order valence-electron chi connectivity index (χ2n) is 6.36.